The molecule has 0 aliphatic carbocycles. The van der Waals surface area contributed by atoms with Crippen molar-refractivity contribution in [3.8, 4) is 0 Å². The highest BCUT2D eigenvalue weighted by Crippen LogP contribution is 2.12. The monoisotopic (exact) mass is 244 g/mol. The van der Waals surface area contributed by atoms with E-state index < -0.39 is 0 Å². The van der Waals surface area contributed by atoms with Crippen LogP contribution in [0, 0.1) is 0 Å². The molecule has 0 radical (unpaired) electrons. The van der Waals surface area contributed by atoms with E-state index in [-0.39, 0.29) is 30.9 Å². The Labute approximate surface area is 96.9 Å². The average Bonchev–Trinajstić information content (AvgIpc) is 2.53. The van der Waals surface area contributed by atoms with Gasteiger partial charge in [0.2, 0.25) is 0 Å². The van der Waals surface area contributed by atoms with Crippen molar-refractivity contribution in [2.24, 2.45) is 5.73 Å². The molecule has 14 heavy (non-hydrogen) atoms. The van der Waals surface area contributed by atoms with E-state index in [1.807, 2.05) is 0 Å². The smallest absolute Gasteiger partial charge is 0.0638 e. The first-order valence-corrected chi connectivity index (χ1v) is 4.53. The first kappa shape index (κ1) is 14.4. The van der Waals surface area contributed by atoms with Crippen LogP contribution in [0.4, 0.5) is 0 Å². The molecule has 2 aliphatic rings. The molecular formula is C8H18Cl2N2O2. The van der Waals surface area contributed by atoms with Crippen molar-refractivity contribution in [1.29, 1.82) is 0 Å². The summed E-state index contributed by atoms with van der Waals surface area (Å²) in [6.45, 7) is 5.18. The molecule has 0 amide bonds. The fraction of sp³-hybridized carbons (Fsp3) is 1.00. The van der Waals surface area contributed by atoms with Gasteiger partial charge in [-0.15, -0.1) is 24.8 Å². The van der Waals surface area contributed by atoms with Crippen molar-refractivity contribution < 1.29 is 9.47 Å². The molecule has 6 heteroatoms. The topological polar surface area (TPSA) is 47.7 Å². The molecular weight excluding hydrogens is 227 g/mol. The summed E-state index contributed by atoms with van der Waals surface area (Å²) in [7, 11) is 0. The lowest BCUT2D eigenvalue weighted by atomic mass is 10.1. The molecule has 0 bridgehead atoms. The van der Waals surface area contributed by atoms with Crippen LogP contribution in [-0.2, 0) is 9.47 Å². The van der Waals surface area contributed by atoms with Crippen LogP contribution in [-0.4, -0.2) is 56.5 Å². The van der Waals surface area contributed by atoms with Gasteiger partial charge in [0.15, 0.2) is 0 Å². The van der Waals surface area contributed by atoms with E-state index in [0.717, 1.165) is 32.9 Å². The predicted molar refractivity (Wildman–Crippen MR) is 59.5 cm³/mol. The Balaban J connectivity index is 0.000000845. The Morgan fingerprint density at radius 1 is 1.00 bits per heavy atom. The van der Waals surface area contributed by atoms with E-state index >= 15 is 0 Å². The maximum Gasteiger partial charge on any atom is 0.0638 e. The van der Waals surface area contributed by atoms with Gasteiger partial charge in [0.1, 0.15) is 0 Å². The Kier molecular flexibility index (Phi) is 7.03. The number of hydrogen-bond donors (Lipinski definition) is 1. The number of nitrogens with two attached hydrogens (primary N) is 1. The zero-order valence-electron chi connectivity index (χ0n) is 8.05. The highest BCUT2D eigenvalue weighted by molar-refractivity contribution is 5.85. The first-order chi connectivity index (χ1) is 5.88. The highest BCUT2D eigenvalue weighted by Gasteiger charge is 2.30. The molecule has 0 saturated carbocycles. The summed E-state index contributed by atoms with van der Waals surface area (Å²) in [6.07, 6.45) is 0. The molecule has 0 aromatic heterocycles. The second kappa shape index (κ2) is 6.82. The number of ether oxygens (including phenoxy) is 2. The lowest BCUT2D eigenvalue weighted by molar-refractivity contribution is 0.0123. The molecule has 0 aromatic rings. The molecule has 86 valence electrons. The van der Waals surface area contributed by atoms with Crippen molar-refractivity contribution in [3.63, 3.8) is 0 Å². The number of nitrogens with zero attached hydrogens (tertiary/aromatic N) is 1. The summed E-state index contributed by atoms with van der Waals surface area (Å²) < 4.78 is 10.6. The maximum atomic E-state index is 5.90. The molecule has 0 aromatic carbocycles. The lowest BCUT2D eigenvalue weighted by Gasteiger charge is -2.33. The van der Waals surface area contributed by atoms with E-state index in [0.29, 0.717) is 12.6 Å². The van der Waals surface area contributed by atoms with Crippen LogP contribution < -0.4 is 5.73 Å². The summed E-state index contributed by atoms with van der Waals surface area (Å²) in [4.78, 5) is 2.38. The molecule has 2 unspecified atom stereocenters. The second-order valence-corrected chi connectivity index (χ2v) is 3.42. The first-order valence-electron chi connectivity index (χ1n) is 4.53. The fourth-order valence-corrected chi connectivity index (χ4v) is 1.84. The third-order valence-electron chi connectivity index (χ3n) is 2.61. The van der Waals surface area contributed by atoms with E-state index in [1.165, 1.54) is 0 Å². The molecule has 2 N–H and O–H groups in total. The molecule has 2 fully saturated rings. The van der Waals surface area contributed by atoms with Gasteiger partial charge < -0.3 is 15.2 Å². The lowest BCUT2D eigenvalue weighted by Crippen LogP contribution is -2.51. The van der Waals surface area contributed by atoms with Gasteiger partial charge in [-0.25, -0.2) is 0 Å². The molecule has 2 aliphatic heterocycles. The normalized spacial score (nSPS) is 33.2. The largest absolute Gasteiger partial charge is 0.379 e. The maximum absolute atomic E-state index is 5.90. The van der Waals surface area contributed by atoms with Crippen molar-refractivity contribution in [2.75, 3.05) is 39.5 Å². The minimum absolute atomic E-state index is 0. The van der Waals surface area contributed by atoms with Gasteiger partial charge in [-0.3, -0.25) is 4.90 Å². The van der Waals surface area contributed by atoms with E-state index in [9.17, 15) is 0 Å². The Morgan fingerprint density at radius 2 is 1.64 bits per heavy atom. The third-order valence-corrected chi connectivity index (χ3v) is 2.61. The van der Waals surface area contributed by atoms with Crippen LogP contribution in [0.3, 0.4) is 0 Å². The number of halogens is 2. The highest BCUT2D eigenvalue weighted by atomic mass is 35.5. The predicted octanol–water partition coefficient (Wildman–Crippen LogP) is -0.112. The third kappa shape index (κ3) is 3.22. The van der Waals surface area contributed by atoms with Crippen LogP contribution in [0.2, 0.25) is 0 Å². The Bertz CT molecular complexity index is 156. The fourth-order valence-electron chi connectivity index (χ4n) is 1.84. The molecule has 4 nitrogen and oxygen atoms in total. The van der Waals surface area contributed by atoms with Crippen LogP contribution in [0.5, 0.6) is 0 Å². The zero-order chi connectivity index (χ0) is 8.39. The molecule has 2 rings (SSSR count). The average molecular weight is 245 g/mol. The van der Waals surface area contributed by atoms with Crippen molar-refractivity contribution in [1.82, 2.24) is 4.90 Å². The van der Waals surface area contributed by atoms with Crippen LogP contribution >= 0.6 is 24.8 Å². The van der Waals surface area contributed by atoms with Gasteiger partial charge in [0, 0.05) is 19.1 Å². The van der Waals surface area contributed by atoms with E-state index in [4.69, 9.17) is 15.2 Å². The van der Waals surface area contributed by atoms with Gasteiger partial charge in [-0.05, 0) is 0 Å². The minimum atomic E-state index is 0. The van der Waals surface area contributed by atoms with Crippen molar-refractivity contribution in [3.05, 3.63) is 0 Å². The van der Waals surface area contributed by atoms with Gasteiger partial charge in [-0.2, -0.15) is 0 Å². The summed E-state index contributed by atoms with van der Waals surface area (Å²) in [5.74, 6) is 0. The molecule has 2 atom stereocenters. The minimum Gasteiger partial charge on any atom is -0.379 e. The Hall–Kier alpha value is 0.420. The van der Waals surface area contributed by atoms with Crippen LogP contribution in [0.25, 0.3) is 0 Å². The van der Waals surface area contributed by atoms with Crippen LogP contribution in [0.1, 0.15) is 0 Å². The quantitative estimate of drug-likeness (QED) is 0.700. The summed E-state index contributed by atoms with van der Waals surface area (Å²) in [5, 5.41) is 0. The number of morpholine rings is 1. The summed E-state index contributed by atoms with van der Waals surface area (Å²) in [5.41, 5.74) is 5.90. The summed E-state index contributed by atoms with van der Waals surface area (Å²) in [6, 6.07) is 0.622. The molecule has 2 saturated heterocycles. The SMILES string of the molecule is Cl.Cl.NC1COCC1N1CCOCC1. The van der Waals surface area contributed by atoms with Gasteiger partial charge in [-0.1, -0.05) is 0 Å². The van der Waals surface area contributed by atoms with E-state index in [2.05, 4.69) is 4.90 Å². The zero-order valence-corrected chi connectivity index (χ0v) is 9.69. The van der Waals surface area contributed by atoms with E-state index in [1.54, 1.807) is 0 Å². The van der Waals surface area contributed by atoms with Gasteiger partial charge >= 0.3 is 0 Å². The van der Waals surface area contributed by atoms with Crippen molar-refractivity contribution >= 4 is 24.8 Å². The second-order valence-electron chi connectivity index (χ2n) is 3.42. The molecule has 2 heterocycles. The van der Waals surface area contributed by atoms with Crippen LogP contribution in [0.15, 0.2) is 0 Å². The standard InChI is InChI=1S/C8H16N2O2.2ClH/c9-7-5-12-6-8(7)10-1-3-11-4-2-10;;/h7-8H,1-6,9H2;2*1H. The van der Waals surface area contributed by atoms with Crippen molar-refractivity contribution in [2.45, 2.75) is 12.1 Å². The number of rotatable bonds is 1. The van der Waals surface area contributed by atoms with Gasteiger partial charge in [0.25, 0.3) is 0 Å². The number of hydrogen-bond acceptors (Lipinski definition) is 4. The Morgan fingerprint density at radius 3 is 2.14 bits per heavy atom. The summed E-state index contributed by atoms with van der Waals surface area (Å²) >= 11 is 0. The van der Waals surface area contributed by atoms with Gasteiger partial charge in [0.05, 0.1) is 32.5 Å². The molecule has 0 spiro atoms.